The predicted molar refractivity (Wildman–Crippen MR) is 105 cm³/mol. The monoisotopic (exact) mass is 364 g/mol. The molecule has 1 saturated carbocycles. The second-order valence-corrected chi connectivity index (χ2v) is 8.08. The third kappa shape index (κ3) is 2.34. The molecule has 1 N–H and O–H groups in total. The molecule has 1 aliphatic heterocycles. The van der Waals surface area contributed by atoms with E-state index in [1.165, 1.54) is 24.8 Å². The number of hydrogen-bond donors (Lipinski definition) is 1. The van der Waals surface area contributed by atoms with Gasteiger partial charge in [0.2, 0.25) is 0 Å². The lowest BCUT2D eigenvalue weighted by Crippen LogP contribution is -2.16. The molecule has 26 heavy (non-hydrogen) atoms. The van der Waals surface area contributed by atoms with Gasteiger partial charge in [0.1, 0.15) is 16.4 Å². The number of fused-ring (bicyclic) bond motifs is 3. The van der Waals surface area contributed by atoms with Crippen LogP contribution in [-0.4, -0.2) is 14.7 Å². The highest BCUT2D eigenvalue weighted by molar-refractivity contribution is 7.17. The van der Waals surface area contributed by atoms with Crippen LogP contribution in [0, 0.1) is 0 Å². The van der Waals surface area contributed by atoms with Crippen LogP contribution in [0.2, 0.25) is 0 Å². The molecule has 1 aromatic carbocycles. The SMILES string of the molecule is O=c1nc2n(c3scc(C4CCCCC4)c13)CC(O)=C2c1ccccc1. The summed E-state index contributed by atoms with van der Waals surface area (Å²) in [5.74, 6) is 1.34. The number of benzene rings is 1. The third-order valence-corrected chi connectivity index (χ3v) is 6.67. The molecule has 0 saturated heterocycles. The summed E-state index contributed by atoms with van der Waals surface area (Å²) in [6.45, 7) is 0.383. The van der Waals surface area contributed by atoms with Crippen molar-refractivity contribution < 1.29 is 5.11 Å². The van der Waals surface area contributed by atoms with Crippen molar-refractivity contribution in [2.75, 3.05) is 0 Å². The second kappa shape index (κ2) is 6.09. The van der Waals surface area contributed by atoms with Crippen LogP contribution in [0.15, 0.2) is 46.3 Å². The molecule has 0 unspecified atom stereocenters. The lowest BCUT2D eigenvalue weighted by molar-refractivity contribution is 0.389. The van der Waals surface area contributed by atoms with E-state index in [4.69, 9.17) is 0 Å². The molecule has 5 rings (SSSR count). The molecule has 5 heteroatoms. The Morgan fingerprint density at radius 1 is 1.12 bits per heavy atom. The number of rotatable bonds is 2. The highest BCUT2D eigenvalue weighted by Gasteiger charge is 2.29. The van der Waals surface area contributed by atoms with E-state index < -0.39 is 0 Å². The lowest BCUT2D eigenvalue weighted by Gasteiger charge is -2.21. The molecule has 0 bridgehead atoms. The first-order valence-corrected chi connectivity index (χ1v) is 10.1. The first kappa shape index (κ1) is 15.8. The summed E-state index contributed by atoms with van der Waals surface area (Å²) in [5.41, 5.74) is 2.59. The van der Waals surface area contributed by atoms with Gasteiger partial charge in [0.05, 0.1) is 17.5 Å². The van der Waals surface area contributed by atoms with Crippen molar-refractivity contribution in [1.82, 2.24) is 9.55 Å². The van der Waals surface area contributed by atoms with Gasteiger partial charge in [-0.05, 0) is 35.3 Å². The molecule has 3 heterocycles. The zero-order valence-electron chi connectivity index (χ0n) is 14.4. The summed E-state index contributed by atoms with van der Waals surface area (Å²) in [6, 6.07) is 9.69. The van der Waals surface area contributed by atoms with Gasteiger partial charge >= 0.3 is 0 Å². The van der Waals surface area contributed by atoms with Crippen molar-refractivity contribution in [3.8, 4) is 0 Å². The summed E-state index contributed by atoms with van der Waals surface area (Å²) in [6.07, 6.45) is 6.09. The second-order valence-electron chi connectivity index (χ2n) is 7.22. The maximum absolute atomic E-state index is 12.9. The van der Waals surface area contributed by atoms with Gasteiger partial charge in [-0.3, -0.25) is 4.79 Å². The molecular weight excluding hydrogens is 344 g/mol. The third-order valence-electron chi connectivity index (χ3n) is 5.65. The minimum atomic E-state index is -0.156. The van der Waals surface area contributed by atoms with Gasteiger partial charge in [0.25, 0.3) is 5.56 Å². The highest BCUT2D eigenvalue weighted by atomic mass is 32.1. The first-order valence-electron chi connectivity index (χ1n) is 9.24. The average Bonchev–Trinajstić information content (AvgIpc) is 3.25. The minimum absolute atomic E-state index is 0.156. The Labute approximate surface area is 155 Å². The fourth-order valence-electron chi connectivity index (χ4n) is 4.39. The number of aliphatic hydroxyl groups excluding tert-OH is 1. The zero-order chi connectivity index (χ0) is 17.7. The maximum Gasteiger partial charge on any atom is 0.282 e. The van der Waals surface area contributed by atoms with Crippen molar-refractivity contribution in [1.29, 1.82) is 0 Å². The molecule has 0 atom stereocenters. The molecule has 1 aliphatic carbocycles. The molecular formula is C21H20N2O2S. The van der Waals surface area contributed by atoms with Crippen LogP contribution < -0.4 is 5.56 Å². The van der Waals surface area contributed by atoms with E-state index in [0.717, 1.165) is 28.6 Å². The number of allylic oxidation sites excluding steroid dienone is 1. The van der Waals surface area contributed by atoms with E-state index >= 15 is 0 Å². The fourth-order valence-corrected chi connectivity index (χ4v) is 5.54. The van der Waals surface area contributed by atoms with Crippen molar-refractivity contribution >= 4 is 27.1 Å². The van der Waals surface area contributed by atoms with E-state index in [-0.39, 0.29) is 11.3 Å². The largest absolute Gasteiger partial charge is 0.510 e. The van der Waals surface area contributed by atoms with Gasteiger partial charge in [0.15, 0.2) is 0 Å². The normalized spacial score (nSPS) is 17.8. The standard InChI is InChI=1S/C21H20N2O2S/c24-16-11-23-19(17(16)14-9-5-2-6-10-14)22-20(25)18-15(12-26-21(18)23)13-7-3-1-4-8-13/h2,5-6,9-10,12-13,24H,1,3-4,7-8,11H2. The van der Waals surface area contributed by atoms with Gasteiger partial charge in [-0.1, -0.05) is 49.6 Å². The van der Waals surface area contributed by atoms with Gasteiger partial charge in [-0.25, -0.2) is 0 Å². The molecule has 4 nitrogen and oxygen atoms in total. The number of thiophene rings is 1. The number of aliphatic hydroxyl groups is 1. The van der Waals surface area contributed by atoms with Crippen molar-refractivity contribution in [2.45, 2.75) is 44.6 Å². The van der Waals surface area contributed by atoms with Gasteiger partial charge in [-0.15, -0.1) is 11.3 Å². The number of nitrogens with zero attached hydrogens (tertiary/aromatic N) is 2. The molecule has 3 aromatic rings. The quantitative estimate of drug-likeness (QED) is 0.708. The van der Waals surface area contributed by atoms with E-state index in [1.54, 1.807) is 11.3 Å². The molecule has 0 radical (unpaired) electrons. The Balaban J connectivity index is 1.68. The maximum atomic E-state index is 12.9. The summed E-state index contributed by atoms with van der Waals surface area (Å²) in [5, 5.41) is 13.5. The van der Waals surface area contributed by atoms with E-state index in [0.29, 0.717) is 23.9 Å². The van der Waals surface area contributed by atoms with Crippen LogP contribution in [-0.2, 0) is 6.54 Å². The minimum Gasteiger partial charge on any atom is -0.510 e. The Kier molecular flexibility index (Phi) is 3.71. The van der Waals surface area contributed by atoms with Crippen LogP contribution in [0.5, 0.6) is 0 Å². The van der Waals surface area contributed by atoms with E-state index in [1.807, 2.05) is 34.9 Å². The van der Waals surface area contributed by atoms with Gasteiger partial charge in [0, 0.05) is 0 Å². The molecule has 0 amide bonds. The Bertz CT molecular complexity index is 1070. The summed E-state index contributed by atoms with van der Waals surface area (Å²) in [4.78, 5) is 18.3. The Morgan fingerprint density at radius 2 is 1.88 bits per heavy atom. The molecule has 1 fully saturated rings. The van der Waals surface area contributed by atoms with Crippen molar-refractivity contribution in [3.63, 3.8) is 0 Å². The number of hydrogen-bond acceptors (Lipinski definition) is 4. The summed E-state index contributed by atoms with van der Waals surface area (Å²) < 4.78 is 2.01. The topological polar surface area (TPSA) is 55.1 Å². The summed E-state index contributed by atoms with van der Waals surface area (Å²) in [7, 11) is 0. The zero-order valence-corrected chi connectivity index (χ0v) is 15.3. The lowest BCUT2D eigenvalue weighted by atomic mass is 9.84. The molecule has 2 aromatic heterocycles. The van der Waals surface area contributed by atoms with E-state index in [2.05, 4.69) is 10.4 Å². The van der Waals surface area contributed by atoms with Crippen molar-refractivity contribution in [2.24, 2.45) is 0 Å². The molecule has 0 spiro atoms. The van der Waals surface area contributed by atoms with Crippen LogP contribution in [0.3, 0.4) is 0 Å². The fraction of sp³-hybridized carbons (Fsp3) is 0.333. The number of aromatic nitrogens is 2. The smallest absolute Gasteiger partial charge is 0.282 e. The average molecular weight is 364 g/mol. The Hall–Kier alpha value is -2.40. The van der Waals surface area contributed by atoms with Crippen LogP contribution >= 0.6 is 11.3 Å². The van der Waals surface area contributed by atoms with Crippen LogP contribution in [0.25, 0.3) is 15.8 Å². The van der Waals surface area contributed by atoms with Crippen LogP contribution in [0.4, 0.5) is 0 Å². The molecule has 2 aliphatic rings. The predicted octanol–water partition coefficient (Wildman–Crippen LogP) is 4.84. The highest BCUT2D eigenvalue weighted by Crippen LogP contribution is 2.40. The van der Waals surface area contributed by atoms with Gasteiger partial charge < -0.3 is 9.67 Å². The van der Waals surface area contributed by atoms with E-state index in [9.17, 15) is 9.90 Å². The van der Waals surface area contributed by atoms with Crippen LogP contribution in [0.1, 0.15) is 55.0 Å². The van der Waals surface area contributed by atoms with Gasteiger partial charge in [-0.2, -0.15) is 4.98 Å². The Morgan fingerprint density at radius 3 is 2.65 bits per heavy atom. The van der Waals surface area contributed by atoms with Crippen molar-refractivity contribution in [3.05, 3.63) is 68.8 Å². The molecule has 132 valence electrons. The first-order chi connectivity index (χ1) is 12.7. The summed E-state index contributed by atoms with van der Waals surface area (Å²) >= 11 is 1.61.